The van der Waals surface area contributed by atoms with Gasteiger partial charge in [-0.2, -0.15) is 0 Å². The van der Waals surface area contributed by atoms with Gasteiger partial charge in [-0.15, -0.1) is 10.2 Å². The largest absolute Gasteiger partial charge is 0.356 e. The monoisotopic (exact) mass is 320 g/mol. The van der Waals surface area contributed by atoms with E-state index in [1.807, 2.05) is 7.05 Å². The first-order valence-corrected chi connectivity index (χ1v) is 9.00. The number of fused-ring (bicyclic) bond motifs is 1. The van der Waals surface area contributed by atoms with E-state index in [0.29, 0.717) is 12.0 Å². The smallest absolute Gasteiger partial charge is 0.191 e. The molecule has 0 aliphatic carbocycles. The number of aromatic nitrogens is 3. The first-order chi connectivity index (χ1) is 11.1. The van der Waals surface area contributed by atoms with Crippen LogP contribution >= 0.6 is 0 Å². The van der Waals surface area contributed by atoms with Crippen molar-refractivity contribution < 1.29 is 0 Å². The number of nitrogens with zero attached hydrogens (tertiary/aromatic N) is 4. The molecule has 1 atom stereocenters. The minimum atomic E-state index is 0.411. The number of rotatable bonds is 6. The fourth-order valence-corrected chi connectivity index (χ4v) is 2.76. The van der Waals surface area contributed by atoms with Crippen LogP contribution in [0.1, 0.15) is 58.1 Å². The molecule has 2 N–H and O–H groups in total. The maximum absolute atomic E-state index is 4.39. The van der Waals surface area contributed by atoms with Crippen molar-refractivity contribution in [3.63, 3.8) is 0 Å². The molecule has 2 heterocycles. The molecule has 1 aromatic heterocycles. The summed E-state index contributed by atoms with van der Waals surface area (Å²) < 4.78 is 2.33. The lowest BCUT2D eigenvalue weighted by Crippen LogP contribution is -2.44. The lowest BCUT2D eigenvalue weighted by molar-refractivity contribution is 0.480. The molecular formula is C17H32N6. The third-order valence-electron chi connectivity index (χ3n) is 4.64. The van der Waals surface area contributed by atoms with Crippen LogP contribution in [0.3, 0.4) is 0 Å². The Bertz CT molecular complexity index is 505. The van der Waals surface area contributed by atoms with Crippen LogP contribution in [-0.2, 0) is 19.4 Å². The summed E-state index contributed by atoms with van der Waals surface area (Å²) in [6.07, 6.45) is 6.89. The summed E-state index contributed by atoms with van der Waals surface area (Å²) >= 11 is 0. The lowest BCUT2D eigenvalue weighted by atomic mass is 10.1. The molecule has 130 valence electrons. The Morgan fingerprint density at radius 2 is 2.04 bits per heavy atom. The predicted molar refractivity (Wildman–Crippen MR) is 94.7 cm³/mol. The van der Waals surface area contributed by atoms with Gasteiger partial charge in [0.15, 0.2) is 5.96 Å². The van der Waals surface area contributed by atoms with Crippen LogP contribution in [0.4, 0.5) is 0 Å². The Kier molecular flexibility index (Phi) is 6.86. The minimum absolute atomic E-state index is 0.411. The quantitative estimate of drug-likeness (QED) is 0.479. The van der Waals surface area contributed by atoms with Gasteiger partial charge < -0.3 is 15.2 Å². The Labute approximate surface area is 140 Å². The Morgan fingerprint density at radius 1 is 1.22 bits per heavy atom. The molecule has 0 radical (unpaired) electrons. The number of aryl methyl sites for hydroxylation is 2. The van der Waals surface area contributed by atoms with Crippen molar-refractivity contribution in [3.8, 4) is 0 Å². The summed E-state index contributed by atoms with van der Waals surface area (Å²) in [6, 6.07) is 0.411. The molecular weight excluding hydrogens is 288 g/mol. The van der Waals surface area contributed by atoms with Crippen molar-refractivity contribution in [1.82, 2.24) is 25.4 Å². The second kappa shape index (κ2) is 8.89. The van der Waals surface area contributed by atoms with Crippen LogP contribution in [0.15, 0.2) is 4.99 Å². The second-order valence-corrected chi connectivity index (χ2v) is 6.77. The second-order valence-electron chi connectivity index (χ2n) is 6.77. The van der Waals surface area contributed by atoms with Crippen LogP contribution in [0.25, 0.3) is 0 Å². The fraction of sp³-hybridized carbons (Fsp3) is 0.824. The van der Waals surface area contributed by atoms with Gasteiger partial charge in [0, 0.05) is 39.0 Å². The van der Waals surface area contributed by atoms with E-state index in [4.69, 9.17) is 0 Å². The summed E-state index contributed by atoms with van der Waals surface area (Å²) in [7, 11) is 1.82. The van der Waals surface area contributed by atoms with Gasteiger partial charge in [-0.3, -0.25) is 4.99 Å². The highest BCUT2D eigenvalue weighted by molar-refractivity contribution is 5.79. The highest BCUT2D eigenvalue weighted by Gasteiger charge is 2.14. The van der Waals surface area contributed by atoms with Crippen LogP contribution in [0, 0.1) is 5.92 Å². The van der Waals surface area contributed by atoms with E-state index in [-0.39, 0.29) is 0 Å². The van der Waals surface area contributed by atoms with Crippen molar-refractivity contribution in [2.45, 2.75) is 71.9 Å². The zero-order chi connectivity index (χ0) is 16.7. The van der Waals surface area contributed by atoms with Gasteiger partial charge in [0.25, 0.3) is 0 Å². The standard InChI is InChI=1S/C17H32N6/c1-13(2)14(3)20-17(18-4)19-11-8-10-16-22-21-15-9-6-5-7-12-23(15)16/h13-14H,5-12H2,1-4H3,(H2,18,19,20). The van der Waals surface area contributed by atoms with E-state index < -0.39 is 0 Å². The maximum Gasteiger partial charge on any atom is 0.191 e. The summed E-state index contributed by atoms with van der Waals surface area (Å²) in [4.78, 5) is 4.29. The molecule has 23 heavy (non-hydrogen) atoms. The molecule has 0 fully saturated rings. The number of hydrogen-bond acceptors (Lipinski definition) is 3. The average molecular weight is 320 g/mol. The molecule has 1 aliphatic rings. The van der Waals surface area contributed by atoms with Crippen molar-refractivity contribution in [2.24, 2.45) is 10.9 Å². The molecule has 0 bridgehead atoms. The van der Waals surface area contributed by atoms with Crippen molar-refractivity contribution in [3.05, 3.63) is 11.6 Å². The van der Waals surface area contributed by atoms with Gasteiger partial charge in [0.05, 0.1) is 0 Å². The van der Waals surface area contributed by atoms with Gasteiger partial charge in [-0.1, -0.05) is 20.3 Å². The third-order valence-corrected chi connectivity index (χ3v) is 4.64. The van der Waals surface area contributed by atoms with Gasteiger partial charge in [-0.25, -0.2) is 0 Å². The third kappa shape index (κ3) is 5.22. The first kappa shape index (κ1) is 17.8. The Balaban J connectivity index is 1.76. The molecule has 0 amide bonds. The van der Waals surface area contributed by atoms with E-state index in [0.717, 1.165) is 44.1 Å². The van der Waals surface area contributed by atoms with Crippen LogP contribution < -0.4 is 10.6 Å². The van der Waals surface area contributed by atoms with Gasteiger partial charge in [0.2, 0.25) is 0 Å². The van der Waals surface area contributed by atoms with Crippen molar-refractivity contribution in [1.29, 1.82) is 0 Å². The van der Waals surface area contributed by atoms with Gasteiger partial charge in [-0.05, 0) is 32.1 Å². The molecule has 1 aliphatic heterocycles. The van der Waals surface area contributed by atoms with E-state index >= 15 is 0 Å². The SMILES string of the molecule is CN=C(NCCCc1nnc2n1CCCCC2)NC(C)C(C)C. The van der Waals surface area contributed by atoms with Crippen LogP contribution in [0.5, 0.6) is 0 Å². The Hall–Kier alpha value is -1.59. The molecule has 0 saturated carbocycles. The number of nitrogens with one attached hydrogen (secondary N) is 2. The fourth-order valence-electron chi connectivity index (χ4n) is 2.76. The molecule has 2 rings (SSSR count). The zero-order valence-corrected chi connectivity index (χ0v) is 15.1. The van der Waals surface area contributed by atoms with E-state index in [1.165, 1.54) is 25.1 Å². The molecule has 6 nitrogen and oxygen atoms in total. The normalized spacial score (nSPS) is 16.8. The lowest BCUT2D eigenvalue weighted by Gasteiger charge is -2.20. The number of aliphatic imine (C=N–C) groups is 1. The van der Waals surface area contributed by atoms with Crippen molar-refractivity contribution >= 4 is 5.96 Å². The van der Waals surface area contributed by atoms with Crippen LogP contribution in [-0.4, -0.2) is 40.4 Å². The minimum Gasteiger partial charge on any atom is -0.356 e. The predicted octanol–water partition coefficient (Wildman–Crippen LogP) is 2.15. The average Bonchev–Trinajstić information content (AvgIpc) is 2.77. The van der Waals surface area contributed by atoms with Crippen molar-refractivity contribution in [2.75, 3.05) is 13.6 Å². The summed E-state index contributed by atoms with van der Waals surface area (Å²) in [5.74, 6) is 3.78. The zero-order valence-electron chi connectivity index (χ0n) is 15.1. The molecule has 6 heteroatoms. The summed E-state index contributed by atoms with van der Waals surface area (Å²) in [6.45, 7) is 8.58. The van der Waals surface area contributed by atoms with E-state index in [1.54, 1.807) is 0 Å². The summed E-state index contributed by atoms with van der Waals surface area (Å²) in [5.41, 5.74) is 0. The van der Waals surface area contributed by atoms with E-state index in [2.05, 4.69) is 51.2 Å². The molecule has 1 unspecified atom stereocenters. The number of guanidine groups is 1. The molecule has 0 spiro atoms. The summed E-state index contributed by atoms with van der Waals surface area (Å²) in [5, 5.41) is 15.6. The highest BCUT2D eigenvalue weighted by atomic mass is 15.3. The first-order valence-electron chi connectivity index (χ1n) is 9.00. The van der Waals surface area contributed by atoms with Gasteiger partial charge in [0.1, 0.15) is 11.6 Å². The van der Waals surface area contributed by atoms with E-state index in [9.17, 15) is 0 Å². The highest BCUT2D eigenvalue weighted by Crippen LogP contribution is 2.15. The Morgan fingerprint density at radius 3 is 2.78 bits per heavy atom. The maximum atomic E-state index is 4.39. The molecule has 0 saturated heterocycles. The molecule has 0 aromatic carbocycles. The topological polar surface area (TPSA) is 67.1 Å². The number of hydrogen-bond donors (Lipinski definition) is 2. The van der Waals surface area contributed by atoms with Gasteiger partial charge >= 0.3 is 0 Å². The molecule has 1 aromatic rings. The van der Waals surface area contributed by atoms with Crippen LogP contribution in [0.2, 0.25) is 0 Å².